The molecule has 1 aliphatic heterocycles. The van der Waals surface area contributed by atoms with E-state index in [1.807, 2.05) is 19.1 Å². The van der Waals surface area contributed by atoms with Crippen LogP contribution in [0.25, 0.3) is 0 Å². The van der Waals surface area contributed by atoms with E-state index in [0.29, 0.717) is 18.1 Å². The zero-order valence-corrected chi connectivity index (χ0v) is 17.8. The highest BCUT2D eigenvalue weighted by Gasteiger charge is 2.17. The van der Waals surface area contributed by atoms with Crippen molar-refractivity contribution in [2.75, 3.05) is 43.0 Å². The minimum atomic E-state index is -0.183. The molecule has 4 rings (SSSR count). The molecule has 160 valence electrons. The molecule has 1 amide bonds. The van der Waals surface area contributed by atoms with Crippen LogP contribution in [0.2, 0.25) is 0 Å². The first-order chi connectivity index (χ1) is 15.2. The summed E-state index contributed by atoms with van der Waals surface area (Å²) in [5, 5.41) is 2.93. The van der Waals surface area contributed by atoms with Crippen molar-refractivity contribution in [2.45, 2.75) is 13.5 Å². The van der Waals surface area contributed by atoms with Crippen LogP contribution in [0.15, 0.2) is 72.9 Å². The maximum absolute atomic E-state index is 12.4. The number of carbonyl (C=O) groups excluding carboxylic acids is 1. The van der Waals surface area contributed by atoms with E-state index >= 15 is 0 Å². The fraction of sp³-hybridized carbons (Fsp3) is 0.280. The number of ether oxygens (including phenoxy) is 1. The van der Waals surface area contributed by atoms with Crippen LogP contribution >= 0.6 is 0 Å². The normalized spacial score (nSPS) is 14.3. The van der Waals surface area contributed by atoms with E-state index in [1.54, 1.807) is 12.1 Å². The molecule has 0 unspecified atom stereocenters. The zero-order chi connectivity index (χ0) is 21.5. The molecule has 1 fully saturated rings. The third kappa shape index (κ3) is 5.61. The first-order valence-electron chi connectivity index (χ1n) is 10.7. The van der Waals surface area contributed by atoms with Gasteiger partial charge in [-0.15, -0.1) is 0 Å². The van der Waals surface area contributed by atoms with Gasteiger partial charge in [0, 0.05) is 56.4 Å². The molecule has 1 aromatic heterocycles. The standard InChI is InChI=1S/C25H28N4O2/c1-2-31-24-13-8-21(18-26-24)25(30)27-22-9-11-23(12-10-22)29-16-14-28(15-17-29)19-20-6-4-3-5-7-20/h3-13,18H,2,14-17,19H2,1H3,(H,27,30). The number of piperazine rings is 1. The predicted octanol–water partition coefficient (Wildman–Crippen LogP) is 4.05. The number of aromatic nitrogens is 1. The third-order valence-electron chi connectivity index (χ3n) is 5.40. The second kappa shape index (κ2) is 10.1. The molecule has 0 atom stereocenters. The van der Waals surface area contributed by atoms with Gasteiger partial charge in [-0.2, -0.15) is 0 Å². The number of rotatable bonds is 7. The van der Waals surface area contributed by atoms with Crippen molar-refractivity contribution in [3.8, 4) is 5.88 Å². The average molecular weight is 417 g/mol. The molecule has 1 N–H and O–H groups in total. The van der Waals surface area contributed by atoms with Crippen molar-refractivity contribution in [1.82, 2.24) is 9.88 Å². The fourth-order valence-corrected chi connectivity index (χ4v) is 3.71. The van der Waals surface area contributed by atoms with Crippen LogP contribution in [-0.2, 0) is 6.54 Å². The highest BCUT2D eigenvalue weighted by atomic mass is 16.5. The van der Waals surface area contributed by atoms with Crippen LogP contribution in [0.5, 0.6) is 5.88 Å². The molecule has 2 aromatic carbocycles. The molecule has 0 radical (unpaired) electrons. The molecule has 0 spiro atoms. The lowest BCUT2D eigenvalue weighted by molar-refractivity contribution is 0.102. The quantitative estimate of drug-likeness (QED) is 0.630. The maximum Gasteiger partial charge on any atom is 0.257 e. The van der Waals surface area contributed by atoms with Gasteiger partial charge in [0.15, 0.2) is 0 Å². The van der Waals surface area contributed by atoms with Gasteiger partial charge in [0.05, 0.1) is 12.2 Å². The lowest BCUT2D eigenvalue weighted by atomic mass is 10.2. The van der Waals surface area contributed by atoms with E-state index in [-0.39, 0.29) is 5.91 Å². The minimum absolute atomic E-state index is 0.183. The van der Waals surface area contributed by atoms with Gasteiger partial charge in [-0.1, -0.05) is 30.3 Å². The molecule has 31 heavy (non-hydrogen) atoms. The summed E-state index contributed by atoms with van der Waals surface area (Å²) in [5.41, 5.74) is 3.81. The largest absolute Gasteiger partial charge is 0.478 e. The number of anilines is 2. The van der Waals surface area contributed by atoms with Gasteiger partial charge < -0.3 is 15.0 Å². The number of benzene rings is 2. The van der Waals surface area contributed by atoms with E-state index < -0.39 is 0 Å². The van der Waals surface area contributed by atoms with Crippen molar-refractivity contribution in [3.05, 3.63) is 84.1 Å². The SMILES string of the molecule is CCOc1ccc(C(=O)Nc2ccc(N3CCN(Cc4ccccc4)CC3)cc2)cn1. The van der Waals surface area contributed by atoms with Gasteiger partial charge >= 0.3 is 0 Å². The number of hydrogen-bond donors (Lipinski definition) is 1. The summed E-state index contributed by atoms with van der Waals surface area (Å²) in [6.07, 6.45) is 1.53. The van der Waals surface area contributed by atoms with Gasteiger partial charge in [0.25, 0.3) is 5.91 Å². The monoisotopic (exact) mass is 416 g/mol. The summed E-state index contributed by atoms with van der Waals surface area (Å²) >= 11 is 0. The topological polar surface area (TPSA) is 57.7 Å². The molecular weight excluding hydrogens is 388 g/mol. The average Bonchev–Trinajstić information content (AvgIpc) is 2.81. The van der Waals surface area contributed by atoms with Crippen LogP contribution in [-0.4, -0.2) is 48.6 Å². The second-order valence-corrected chi connectivity index (χ2v) is 7.57. The minimum Gasteiger partial charge on any atom is -0.478 e. The van der Waals surface area contributed by atoms with Gasteiger partial charge in [-0.3, -0.25) is 9.69 Å². The van der Waals surface area contributed by atoms with E-state index in [1.165, 1.54) is 17.4 Å². The van der Waals surface area contributed by atoms with E-state index in [0.717, 1.165) is 38.4 Å². The molecule has 6 heteroatoms. The molecule has 6 nitrogen and oxygen atoms in total. The second-order valence-electron chi connectivity index (χ2n) is 7.57. The van der Waals surface area contributed by atoms with Gasteiger partial charge in [0.1, 0.15) is 0 Å². The third-order valence-corrected chi connectivity index (χ3v) is 5.40. The Kier molecular flexibility index (Phi) is 6.79. The molecule has 1 aliphatic rings. The number of nitrogens with one attached hydrogen (secondary N) is 1. The number of carbonyl (C=O) groups is 1. The van der Waals surface area contributed by atoms with Gasteiger partial charge in [-0.05, 0) is 42.8 Å². The molecule has 0 saturated carbocycles. The fourth-order valence-electron chi connectivity index (χ4n) is 3.71. The molecule has 3 aromatic rings. The number of hydrogen-bond acceptors (Lipinski definition) is 5. The van der Waals surface area contributed by atoms with Gasteiger partial charge in [0.2, 0.25) is 5.88 Å². The number of pyridine rings is 1. The van der Waals surface area contributed by atoms with E-state index in [2.05, 4.69) is 62.6 Å². The Bertz CT molecular complexity index is 967. The maximum atomic E-state index is 12.4. The summed E-state index contributed by atoms with van der Waals surface area (Å²) in [6, 6.07) is 22.1. The summed E-state index contributed by atoms with van der Waals surface area (Å²) in [7, 11) is 0. The van der Waals surface area contributed by atoms with Crippen molar-refractivity contribution < 1.29 is 9.53 Å². The van der Waals surface area contributed by atoms with Crippen molar-refractivity contribution >= 4 is 17.3 Å². The molecule has 0 aliphatic carbocycles. The van der Waals surface area contributed by atoms with E-state index in [9.17, 15) is 4.79 Å². The van der Waals surface area contributed by atoms with Crippen molar-refractivity contribution in [1.29, 1.82) is 0 Å². The molecule has 2 heterocycles. The number of nitrogens with zero attached hydrogens (tertiary/aromatic N) is 3. The van der Waals surface area contributed by atoms with Gasteiger partial charge in [-0.25, -0.2) is 4.98 Å². The van der Waals surface area contributed by atoms with Crippen LogP contribution in [0.4, 0.5) is 11.4 Å². The first kappa shape index (κ1) is 20.9. The Labute approximate surface area is 183 Å². The Morgan fingerprint density at radius 2 is 1.71 bits per heavy atom. The van der Waals surface area contributed by atoms with Crippen LogP contribution in [0.3, 0.4) is 0 Å². The summed E-state index contributed by atoms with van der Waals surface area (Å²) in [4.78, 5) is 21.5. The summed E-state index contributed by atoms with van der Waals surface area (Å²) in [5.74, 6) is 0.338. The zero-order valence-electron chi connectivity index (χ0n) is 17.8. The highest BCUT2D eigenvalue weighted by molar-refractivity contribution is 6.04. The smallest absolute Gasteiger partial charge is 0.257 e. The number of amides is 1. The van der Waals surface area contributed by atoms with Crippen LogP contribution < -0.4 is 15.0 Å². The van der Waals surface area contributed by atoms with Crippen molar-refractivity contribution in [3.63, 3.8) is 0 Å². The van der Waals surface area contributed by atoms with E-state index in [4.69, 9.17) is 4.74 Å². The van der Waals surface area contributed by atoms with Crippen molar-refractivity contribution in [2.24, 2.45) is 0 Å². The lowest BCUT2D eigenvalue weighted by Gasteiger charge is -2.36. The molecule has 1 saturated heterocycles. The van der Waals surface area contributed by atoms with Crippen LogP contribution in [0, 0.1) is 0 Å². The highest BCUT2D eigenvalue weighted by Crippen LogP contribution is 2.21. The van der Waals surface area contributed by atoms with Crippen LogP contribution in [0.1, 0.15) is 22.8 Å². The summed E-state index contributed by atoms with van der Waals surface area (Å²) < 4.78 is 5.32. The Morgan fingerprint density at radius 1 is 0.968 bits per heavy atom. The molecular formula is C25H28N4O2. The predicted molar refractivity (Wildman–Crippen MR) is 124 cm³/mol. The lowest BCUT2D eigenvalue weighted by Crippen LogP contribution is -2.45. The molecule has 0 bridgehead atoms. The Morgan fingerprint density at radius 3 is 2.35 bits per heavy atom. The first-order valence-corrected chi connectivity index (χ1v) is 10.7. The Balaban J connectivity index is 1.29. The Hall–Kier alpha value is -3.38. The summed E-state index contributed by atoms with van der Waals surface area (Å²) in [6.45, 7) is 7.52.